The number of allylic oxidation sites excluding steroid dienone is 2. The Kier molecular flexibility index (Phi) is 19.4. The molecule has 0 bridgehead atoms. The molecule has 0 radical (unpaired) electrons. The number of carbonyl (C=O) groups excluding carboxylic acids is 4. The van der Waals surface area contributed by atoms with Crippen LogP contribution in [0.25, 0.3) is 77.5 Å². The van der Waals surface area contributed by atoms with E-state index in [1.807, 2.05) is 67.6 Å². The van der Waals surface area contributed by atoms with Crippen LogP contribution in [0.15, 0.2) is 185 Å². The Morgan fingerprint density at radius 1 is 0.794 bits per heavy atom. The van der Waals surface area contributed by atoms with E-state index >= 15 is 0 Å². The van der Waals surface area contributed by atoms with E-state index in [0.717, 1.165) is 135 Å². The maximum absolute atomic E-state index is 12.5. The summed E-state index contributed by atoms with van der Waals surface area (Å²) in [4.78, 5) is 96.2. The summed E-state index contributed by atoms with van der Waals surface area (Å²) < 4.78 is 25.1. The van der Waals surface area contributed by atoms with Gasteiger partial charge in [-0.2, -0.15) is 15.1 Å². The van der Waals surface area contributed by atoms with E-state index in [2.05, 4.69) is 30.0 Å². The highest BCUT2D eigenvalue weighted by Crippen LogP contribution is 2.38. The molecule has 5 aliphatic heterocycles. The zero-order valence-electron chi connectivity index (χ0n) is 51.5. The molecule has 4 aromatic carbocycles. The van der Waals surface area contributed by atoms with Crippen LogP contribution in [-0.2, 0) is 35.2 Å². The Morgan fingerprint density at radius 3 is 2.19 bits per heavy atom. The minimum absolute atomic E-state index is 0.00372. The lowest BCUT2D eigenvalue weighted by atomic mass is 10.1. The number of aryl methyl sites for hydroxylation is 1. The largest absolute Gasteiger partial charge is 0.480 e. The number of thiazole rings is 2. The maximum Gasteiger partial charge on any atom is 0.323 e. The Hall–Kier alpha value is -10.1. The average Bonchev–Trinajstić information content (AvgIpc) is 1.61. The number of carbonyl (C=O) groups is 5. The molecule has 6 aliphatic rings. The molecule has 2 amide bonds. The summed E-state index contributed by atoms with van der Waals surface area (Å²) in [6.07, 6.45) is 17.9. The molecule has 12 heterocycles. The molecule has 3 N–H and O–H groups in total. The minimum atomic E-state index is -0.927. The predicted molar refractivity (Wildman–Crippen MR) is 380 cm³/mol. The summed E-state index contributed by atoms with van der Waals surface area (Å²) >= 11 is 11.2. The number of para-hydroxylation sites is 4. The standard InChI is InChI=1S/C16H10ClN3O2.C15H8N4O3S.C15H20O3.C12H10N2OS.C11H7N3O2S2/c17-9-5-6-13-10(7-9)15-16(20(13)8-14(21)22)19-12-4-2-1-3-11(12)18-15;16-13-10(14(21)18-15-19(13)17-7-23-15)5-8-6-22-11-4-2-1-3-9(11)12(8)20;16-15-11(9-13-3-1-7-17-13)5-6-12(15)10-14-4-2-8-18-14;1-7-13-11-9-5-3-4-6-10(9)14(8(2)15)12(11)16-7;12-10-14(11-13-3-5-17-11)9(15)8(18-10)6-7-2-1-4-16-7/h1-7H,8H2,(H,21,22);1-7,16H;9-10,13-14H,1-8H2;3-6H,1-2H3;1-6,12H/b;10-5-,16-13?;11-9+,12-10+;;8-6+,12-10?. The molecule has 4 fully saturated rings. The highest BCUT2D eigenvalue weighted by molar-refractivity contribution is 8.25. The third kappa shape index (κ3) is 14.0. The number of nitrogens with zero attached hydrogens (tertiary/aromatic N) is 10. The molecule has 0 spiro atoms. The number of amides is 2. The Labute approximate surface area is 572 Å². The number of aromatic nitrogens is 6. The van der Waals surface area contributed by atoms with Crippen LogP contribution in [0.2, 0.25) is 5.02 Å². The highest BCUT2D eigenvalue weighted by atomic mass is 35.5. The van der Waals surface area contributed by atoms with Gasteiger partial charge in [0.1, 0.15) is 40.0 Å². The average molecular weight is 1390 g/mol. The molecule has 3 saturated heterocycles. The fourth-order valence-corrected chi connectivity index (χ4v) is 14.7. The fourth-order valence-electron chi connectivity index (χ4n) is 11.4. The lowest BCUT2D eigenvalue weighted by molar-refractivity contribution is -0.137. The van der Waals surface area contributed by atoms with Crippen molar-refractivity contribution in [3.05, 3.63) is 193 Å². The van der Waals surface area contributed by atoms with Gasteiger partial charge in [0.2, 0.25) is 5.91 Å². The van der Waals surface area contributed by atoms with Crippen LogP contribution in [-0.4, -0.2) is 116 Å². The van der Waals surface area contributed by atoms with Gasteiger partial charge in [0.05, 0.1) is 72.5 Å². The number of fused-ring (bicyclic) bond motifs is 9. The third-order valence-electron chi connectivity index (χ3n) is 15.8. The first-order valence-electron chi connectivity index (χ1n) is 30.4. The second kappa shape index (κ2) is 28.7. The molecule has 2 atom stereocenters. The van der Waals surface area contributed by atoms with Gasteiger partial charge in [-0.3, -0.25) is 44.2 Å². The van der Waals surface area contributed by atoms with Crippen LogP contribution in [0.1, 0.15) is 66.6 Å². The van der Waals surface area contributed by atoms with E-state index in [1.54, 1.807) is 106 Å². The maximum atomic E-state index is 12.5. The topological polar surface area (TPSA) is 308 Å². The van der Waals surface area contributed by atoms with Crippen molar-refractivity contribution < 1.29 is 47.4 Å². The van der Waals surface area contributed by atoms with Crippen molar-refractivity contribution in [2.75, 3.05) is 18.1 Å². The lowest BCUT2D eigenvalue weighted by Crippen LogP contribution is -2.35. The number of ketones is 1. The van der Waals surface area contributed by atoms with Gasteiger partial charge in [-0.25, -0.2) is 24.8 Å². The van der Waals surface area contributed by atoms with Crippen LogP contribution in [0.4, 0.5) is 5.13 Å². The number of amidine groups is 3. The molecule has 97 heavy (non-hydrogen) atoms. The van der Waals surface area contributed by atoms with E-state index < -0.39 is 11.9 Å². The predicted octanol–water partition coefficient (Wildman–Crippen LogP) is 14.1. The van der Waals surface area contributed by atoms with E-state index in [4.69, 9.17) is 40.7 Å². The van der Waals surface area contributed by atoms with E-state index in [-0.39, 0.29) is 63.9 Å². The lowest BCUT2D eigenvalue weighted by Gasteiger charge is -2.20. The van der Waals surface area contributed by atoms with Crippen LogP contribution in [0.3, 0.4) is 0 Å². The number of furan rings is 1. The van der Waals surface area contributed by atoms with Crippen LogP contribution in [0.5, 0.6) is 0 Å². The molecular formula is C69H55ClN12O11S4. The zero-order chi connectivity index (χ0) is 67.4. The molecule has 17 rings (SSSR count). The van der Waals surface area contributed by atoms with E-state index in [9.17, 15) is 33.9 Å². The summed E-state index contributed by atoms with van der Waals surface area (Å²) in [6.45, 7) is 5.04. The van der Waals surface area contributed by atoms with Gasteiger partial charge in [-0.05, 0) is 159 Å². The van der Waals surface area contributed by atoms with Gasteiger partial charge in [-0.1, -0.05) is 54.1 Å². The van der Waals surface area contributed by atoms with Gasteiger partial charge in [0, 0.05) is 53.6 Å². The normalized spacial score (nSPS) is 19.2. The number of carboxylic acids is 1. The van der Waals surface area contributed by atoms with Crippen molar-refractivity contribution in [1.82, 2.24) is 34.1 Å². The number of aliphatic imine (C=N–C) groups is 1. The van der Waals surface area contributed by atoms with Crippen LogP contribution in [0, 0.1) is 17.7 Å². The van der Waals surface area contributed by atoms with Crippen molar-refractivity contribution in [2.24, 2.45) is 10.1 Å². The first kappa shape index (κ1) is 65.5. The van der Waals surface area contributed by atoms with Gasteiger partial charge < -0.3 is 28.0 Å². The Morgan fingerprint density at radius 2 is 1.51 bits per heavy atom. The molecule has 1 saturated carbocycles. The van der Waals surface area contributed by atoms with Crippen molar-refractivity contribution in [3.63, 3.8) is 0 Å². The fraction of sp³-hybridized carbons (Fsp3) is 0.188. The van der Waals surface area contributed by atoms with E-state index in [0.29, 0.717) is 48.1 Å². The van der Waals surface area contributed by atoms with Crippen molar-refractivity contribution in [1.29, 1.82) is 10.8 Å². The molecule has 7 aromatic heterocycles. The molecule has 23 nitrogen and oxygen atoms in total. The highest BCUT2D eigenvalue weighted by Gasteiger charge is 2.36. The van der Waals surface area contributed by atoms with Gasteiger partial charge in [0.25, 0.3) is 11.8 Å². The van der Waals surface area contributed by atoms with Gasteiger partial charge in [-0.15, -0.1) is 22.7 Å². The number of ether oxygens (including phenoxy) is 2. The number of nitrogens with one attached hydrogen (secondary N) is 2. The number of hydrogen-bond donors (Lipinski definition) is 3. The molecule has 1 aliphatic carbocycles. The summed E-state index contributed by atoms with van der Waals surface area (Å²) in [6, 6.07) is 31.1. The quantitative estimate of drug-likeness (QED) is 0.125. The van der Waals surface area contributed by atoms with Gasteiger partial charge in [0.15, 0.2) is 38.2 Å². The molecular weight excluding hydrogens is 1340 g/mol. The van der Waals surface area contributed by atoms with E-state index in [1.165, 1.54) is 39.1 Å². The first-order chi connectivity index (χ1) is 47.0. The first-order valence-corrected chi connectivity index (χ1v) is 34.1. The minimum Gasteiger partial charge on any atom is -0.480 e. The molecule has 488 valence electrons. The number of hydrazone groups is 1. The molecule has 11 aromatic rings. The molecule has 28 heteroatoms. The van der Waals surface area contributed by atoms with Crippen molar-refractivity contribution in [2.45, 2.75) is 71.1 Å². The number of anilines is 1. The van der Waals surface area contributed by atoms with Crippen LogP contribution >= 0.6 is 57.8 Å². The number of Topliss-reactive ketones (excluding diaryl/α,β-unsaturated/α-hetero) is 1. The van der Waals surface area contributed by atoms with Gasteiger partial charge >= 0.3 is 5.97 Å². The monoisotopic (exact) mass is 1390 g/mol. The third-order valence-corrected chi connectivity index (χ3v) is 19.4. The number of benzene rings is 4. The van der Waals surface area contributed by atoms with Crippen molar-refractivity contribution >= 4 is 192 Å². The number of thioether (sulfide) groups is 2. The number of aliphatic carboxylic acids is 1. The molecule has 2 unspecified atom stereocenters. The Balaban J connectivity index is 0.000000110. The van der Waals surface area contributed by atoms with Crippen molar-refractivity contribution in [3.8, 4) is 0 Å². The Bertz CT molecular complexity index is 5230. The summed E-state index contributed by atoms with van der Waals surface area (Å²) in [5, 5.41) is 36.9. The smallest absolute Gasteiger partial charge is 0.323 e. The number of hydrogen-bond acceptors (Lipinski definition) is 21. The number of carboxylic acid groups (broad SMARTS) is 1. The number of rotatable bonds is 7. The van der Waals surface area contributed by atoms with Crippen LogP contribution < -0.4 is 10.3 Å². The number of halogens is 1. The second-order valence-corrected chi connectivity index (χ2v) is 26.6. The summed E-state index contributed by atoms with van der Waals surface area (Å²) in [5.74, 6) is -1.00. The summed E-state index contributed by atoms with van der Waals surface area (Å²) in [7, 11) is 0. The zero-order valence-corrected chi connectivity index (χ0v) is 55.6. The summed E-state index contributed by atoms with van der Waals surface area (Å²) in [5.41, 5.74) is 9.14. The second-order valence-electron chi connectivity index (χ2n) is 22.3. The SMILES string of the molecule is CC(=O)n1c2ccccc2c2nc(C)sc21.N=C1/C(=C/c2coc3ccccc3c2=O)C(=O)N=C2SC=NN12.N=C1S/C(=C/c2ccco2)C(=O)N1c1nccs1.O=C(O)Cn1c2ccc(Cl)cc2c2nc3ccccc3nc21.O=C1/C(=C/C2CCCO2)CC/C1=C\C1CCCO1.